The number of hydrazine groups is 2. The van der Waals surface area contributed by atoms with Crippen molar-refractivity contribution in [3.8, 4) is 0 Å². The van der Waals surface area contributed by atoms with Gasteiger partial charge in [-0.15, -0.1) is 0 Å². The topological polar surface area (TPSA) is 25.3 Å². The highest BCUT2D eigenvalue weighted by molar-refractivity contribution is 5.55. The predicted molar refractivity (Wildman–Crippen MR) is 46.6 cm³/mol. The van der Waals surface area contributed by atoms with Gasteiger partial charge in [0.1, 0.15) is 13.0 Å². The summed E-state index contributed by atoms with van der Waals surface area (Å²) < 4.78 is 0. The number of likely N-dealkylation sites (N-methyl/N-ethyl adjacent to an activating group) is 1. The zero-order valence-electron chi connectivity index (χ0n) is 7.38. The molecule has 0 unspecified atom stereocenters. The van der Waals surface area contributed by atoms with Crippen molar-refractivity contribution < 1.29 is 0 Å². The first-order valence-corrected chi connectivity index (χ1v) is 3.96. The molecule has 0 radical (unpaired) electrons. The molecule has 0 spiro atoms. The monoisotopic (exact) mass is 167 g/mol. The van der Waals surface area contributed by atoms with E-state index in [1.54, 1.807) is 0 Å². The number of hydrazone groups is 1. The first-order valence-electron chi connectivity index (χ1n) is 3.96. The zero-order valence-corrected chi connectivity index (χ0v) is 7.38. The first kappa shape index (κ1) is 7.42. The van der Waals surface area contributed by atoms with Crippen molar-refractivity contribution in [2.24, 2.45) is 5.10 Å². The van der Waals surface area contributed by atoms with Gasteiger partial charge in [-0.25, -0.2) is 15.1 Å². The maximum atomic E-state index is 4.13. The van der Waals surface area contributed by atoms with Crippen molar-refractivity contribution in [1.29, 1.82) is 0 Å². The van der Waals surface area contributed by atoms with E-state index >= 15 is 0 Å². The predicted octanol–water partition coefficient (Wildman–Crippen LogP) is -0.274. The highest BCUT2D eigenvalue weighted by Crippen LogP contribution is 2.11. The van der Waals surface area contributed by atoms with Crippen molar-refractivity contribution in [3.05, 3.63) is 12.3 Å². The van der Waals surface area contributed by atoms with Gasteiger partial charge in [-0.1, -0.05) is 0 Å². The third-order valence-corrected chi connectivity index (χ3v) is 1.95. The van der Waals surface area contributed by atoms with Crippen LogP contribution in [0.4, 0.5) is 0 Å². The number of hydrogen-bond acceptors (Lipinski definition) is 5. The summed E-state index contributed by atoms with van der Waals surface area (Å²) >= 11 is 0. The summed E-state index contributed by atoms with van der Waals surface area (Å²) in [4.78, 5) is 0. The van der Waals surface area contributed by atoms with E-state index in [0.717, 1.165) is 13.2 Å². The van der Waals surface area contributed by atoms with Crippen LogP contribution in [0.5, 0.6) is 0 Å². The quantitative estimate of drug-likeness (QED) is 0.536. The summed E-state index contributed by atoms with van der Waals surface area (Å²) in [6.45, 7) is 1.78. The van der Waals surface area contributed by atoms with Gasteiger partial charge in [-0.05, 0) is 6.08 Å². The maximum Gasteiger partial charge on any atom is 0.133 e. The van der Waals surface area contributed by atoms with Crippen LogP contribution in [0.25, 0.3) is 0 Å². The minimum absolute atomic E-state index is 0.814. The maximum absolute atomic E-state index is 4.13. The molecular formula is C7H13N5. The lowest BCUT2D eigenvalue weighted by atomic mass is 10.6. The van der Waals surface area contributed by atoms with Crippen LogP contribution in [0.2, 0.25) is 0 Å². The molecule has 0 aromatic rings. The van der Waals surface area contributed by atoms with Crippen LogP contribution in [-0.2, 0) is 0 Å². The van der Waals surface area contributed by atoms with Crippen molar-refractivity contribution in [2.45, 2.75) is 0 Å². The van der Waals surface area contributed by atoms with Crippen molar-refractivity contribution in [2.75, 3.05) is 27.3 Å². The summed E-state index contributed by atoms with van der Waals surface area (Å²) in [6.07, 6.45) is 5.99. The van der Waals surface area contributed by atoms with E-state index in [1.165, 1.54) is 0 Å². The van der Waals surface area contributed by atoms with Gasteiger partial charge in [-0.3, -0.25) is 5.01 Å². The Bertz CT molecular complexity index is 224. The van der Waals surface area contributed by atoms with E-state index in [0.29, 0.717) is 0 Å². The number of hydrogen-bond donors (Lipinski definition) is 0. The SMILES string of the molecule is CN1CN(N2C=CCN2C)C=N1. The summed E-state index contributed by atoms with van der Waals surface area (Å²) in [5, 5.41) is 12.2. The molecule has 12 heavy (non-hydrogen) atoms. The summed E-state index contributed by atoms with van der Waals surface area (Å²) in [6, 6.07) is 0. The minimum Gasteiger partial charge on any atom is -0.277 e. The fourth-order valence-electron chi connectivity index (χ4n) is 1.32. The Morgan fingerprint density at radius 3 is 2.67 bits per heavy atom. The Hall–Kier alpha value is -1.23. The molecule has 0 bridgehead atoms. The third kappa shape index (κ3) is 1.12. The molecule has 0 saturated heterocycles. The van der Waals surface area contributed by atoms with Gasteiger partial charge in [0.15, 0.2) is 0 Å². The van der Waals surface area contributed by atoms with Crippen LogP contribution in [-0.4, -0.2) is 53.8 Å². The standard InChI is InChI=1S/C7H13N5/c1-9-7-11(6-8-9)12-5-3-4-10(12)2/h3,5-6H,4,7H2,1-2H3. The van der Waals surface area contributed by atoms with Gasteiger partial charge in [0.05, 0.1) is 0 Å². The van der Waals surface area contributed by atoms with Gasteiger partial charge in [0.2, 0.25) is 0 Å². The first-order chi connectivity index (χ1) is 5.77. The lowest BCUT2D eigenvalue weighted by molar-refractivity contribution is -0.0738. The molecule has 2 heterocycles. The molecule has 0 aromatic carbocycles. The minimum atomic E-state index is 0.814. The largest absolute Gasteiger partial charge is 0.277 e. The van der Waals surface area contributed by atoms with Crippen LogP contribution in [0, 0.1) is 0 Å². The molecule has 5 nitrogen and oxygen atoms in total. The Labute approximate surface area is 72.1 Å². The molecule has 0 aromatic heterocycles. The molecule has 0 saturated carbocycles. The summed E-state index contributed by atoms with van der Waals surface area (Å²) in [5.41, 5.74) is 0. The second kappa shape index (κ2) is 2.67. The van der Waals surface area contributed by atoms with Crippen LogP contribution >= 0.6 is 0 Å². The Morgan fingerprint density at radius 2 is 2.17 bits per heavy atom. The molecule has 5 heteroatoms. The molecule has 0 atom stereocenters. The molecule has 0 aliphatic carbocycles. The Morgan fingerprint density at radius 1 is 1.33 bits per heavy atom. The van der Waals surface area contributed by atoms with Crippen molar-refractivity contribution in [3.63, 3.8) is 0 Å². The molecule has 0 amide bonds. The molecule has 66 valence electrons. The van der Waals surface area contributed by atoms with Gasteiger partial charge >= 0.3 is 0 Å². The molecular weight excluding hydrogens is 154 g/mol. The van der Waals surface area contributed by atoms with Crippen molar-refractivity contribution >= 4 is 6.34 Å². The Balaban J connectivity index is 2.01. The van der Waals surface area contributed by atoms with Crippen LogP contribution in [0.1, 0.15) is 0 Å². The average Bonchev–Trinajstić information content (AvgIpc) is 2.58. The zero-order chi connectivity index (χ0) is 8.55. The normalized spacial score (nSPS) is 23.3. The second-order valence-corrected chi connectivity index (χ2v) is 3.01. The van der Waals surface area contributed by atoms with E-state index in [4.69, 9.17) is 0 Å². The molecule has 0 fully saturated rings. The molecule has 2 aliphatic heterocycles. The van der Waals surface area contributed by atoms with E-state index in [-0.39, 0.29) is 0 Å². The lowest BCUT2D eigenvalue weighted by Crippen LogP contribution is -2.45. The second-order valence-electron chi connectivity index (χ2n) is 3.01. The lowest BCUT2D eigenvalue weighted by Gasteiger charge is -2.32. The molecule has 2 aliphatic rings. The summed E-state index contributed by atoms with van der Waals surface area (Å²) in [5.74, 6) is 0. The Kier molecular flexibility index (Phi) is 1.65. The van der Waals surface area contributed by atoms with Crippen LogP contribution in [0.3, 0.4) is 0 Å². The highest BCUT2D eigenvalue weighted by Gasteiger charge is 2.20. The van der Waals surface area contributed by atoms with Gasteiger partial charge in [0, 0.05) is 26.8 Å². The van der Waals surface area contributed by atoms with E-state index in [2.05, 4.69) is 16.2 Å². The summed E-state index contributed by atoms with van der Waals surface area (Å²) in [7, 11) is 4.00. The van der Waals surface area contributed by atoms with E-state index in [1.807, 2.05) is 41.8 Å². The van der Waals surface area contributed by atoms with Crippen molar-refractivity contribution in [1.82, 2.24) is 20.1 Å². The van der Waals surface area contributed by atoms with E-state index < -0.39 is 0 Å². The fraction of sp³-hybridized carbons (Fsp3) is 0.571. The van der Waals surface area contributed by atoms with E-state index in [9.17, 15) is 0 Å². The molecule has 2 rings (SSSR count). The van der Waals surface area contributed by atoms with Gasteiger partial charge in [0.25, 0.3) is 0 Å². The van der Waals surface area contributed by atoms with Gasteiger partial charge in [-0.2, -0.15) is 5.10 Å². The number of rotatable bonds is 1. The smallest absolute Gasteiger partial charge is 0.133 e. The fourth-order valence-corrected chi connectivity index (χ4v) is 1.32. The number of nitrogens with zero attached hydrogens (tertiary/aromatic N) is 5. The van der Waals surface area contributed by atoms with Crippen LogP contribution in [0.15, 0.2) is 17.4 Å². The van der Waals surface area contributed by atoms with Crippen LogP contribution < -0.4 is 0 Å². The van der Waals surface area contributed by atoms with Gasteiger partial charge < -0.3 is 0 Å². The third-order valence-electron chi connectivity index (χ3n) is 1.95. The highest BCUT2D eigenvalue weighted by atomic mass is 15.9. The average molecular weight is 167 g/mol. The molecule has 0 N–H and O–H groups in total.